The molecule has 0 aliphatic rings. The fourth-order valence-electron chi connectivity index (χ4n) is 1.26. The van der Waals surface area contributed by atoms with Crippen LogP contribution >= 0.6 is 11.3 Å². The van der Waals surface area contributed by atoms with E-state index in [1.54, 1.807) is 33.0 Å². The Balaban J connectivity index is 2.87. The van der Waals surface area contributed by atoms with E-state index in [2.05, 4.69) is 0 Å². The topological polar surface area (TPSA) is 77.8 Å². The molecule has 0 fully saturated rings. The van der Waals surface area contributed by atoms with Crippen LogP contribution in [-0.4, -0.2) is 46.2 Å². The van der Waals surface area contributed by atoms with Gasteiger partial charge >= 0.3 is 5.97 Å². The Morgan fingerprint density at radius 3 is 2.58 bits per heavy atom. The summed E-state index contributed by atoms with van der Waals surface area (Å²) < 4.78 is 0. The number of aliphatic hydroxyl groups excluding tert-OH is 1. The number of likely N-dealkylation sites (N-methyl/N-ethyl adjacent to an activating group) is 1. The fraction of sp³-hybridized carbons (Fsp3) is 0.385. The van der Waals surface area contributed by atoms with Crippen molar-refractivity contribution in [1.82, 2.24) is 4.90 Å². The summed E-state index contributed by atoms with van der Waals surface area (Å²) in [5.74, 6) is -1.22. The van der Waals surface area contributed by atoms with Crippen molar-refractivity contribution < 1.29 is 19.8 Å². The molecule has 1 amide bonds. The fourth-order valence-corrected chi connectivity index (χ4v) is 2.14. The van der Waals surface area contributed by atoms with E-state index in [4.69, 9.17) is 5.11 Å². The summed E-state index contributed by atoms with van der Waals surface area (Å²) in [6.45, 7) is 3.40. The van der Waals surface area contributed by atoms with Gasteiger partial charge in [-0.25, -0.2) is 4.79 Å². The molecule has 0 aliphatic heterocycles. The van der Waals surface area contributed by atoms with Crippen LogP contribution in [-0.2, 0) is 4.79 Å². The van der Waals surface area contributed by atoms with Crippen molar-refractivity contribution in [2.75, 3.05) is 13.7 Å². The lowest BCUT2D eigenvalue weighted by Crippen LogP contribution is -2.47. The number of carbonyl (C=O) groups is 2. The van der Waals surface area contributed by atoms with Gasteiger partial charge in [-0.15, -0.1) is 11.3 Å². The molecule has 1 heterocycles. The van der Waals surface area contributed by atoms with E-state index < -0.39 is 11.5 Å². The molecule has 2 N–H and O–H groups in total. The first kappa shape index (κ1) is 15.4. The highest BCUT2D eigenvalue weighted by Crippen LogP contribution is 2.22. The number of rotatable bonds is 5. The second kappa shape index (κ2) is 5.99. The van der Waals surface area contributed by atoms with Crippen LogP contribution in [0.3, 0.4) is 0 Å². The average Bonchev–Trinajstić information content (AvgIpc) is 2.83. The van der Waals surface area contributed by atoms with Crippen molar-refractivity contribution in [3.63, 3.8) is 0 Å². The Morgan fingerprint density at radius 1 is 1.42 bits per heavy atom. The van der Waals surface area contributed by atoms with E-state index in [0.717, 1.165) is 6.08 Å². The minimum absolute atomic E-state index is 0.133. The van der Waals surface area contributed by atoms with Crippen molar-refractivity contribution in [2.24, 2.45) is 0 Å². The zero-order valence-corrected chi connectivity index (χ0v) is 11.9. The number of hydrogen-bond donors (Lipinski definition) is 2. The zero-order chi connectivity index (χ0) is 14.6. The molecule has 1 aromatic rings. The van der Waals surface area contributed by atoms with Crippen LogP contribution in [0.15, 0.2) is 18.2 Å². The first-order chi connectivity index (χ1) is 8.77. The van der Waals surface area contributed by atoms with E-state index in [-0.39, 0.29) is 12.5 Å². The zero-order valence-electron chi connectivity index (χ0n) is 11.1. The molecule has 19 heavy (non-hydrogen) atoms. The van der Waals surface area contributed by atoms with Gasteiger partial charge in [-0.2, -0.15) is 0 Å². The average molecular weight is 283 g/mol. The van der Waals surface area contributed by atoms with Gasteiger partial charge < -0.3 is 15.1 Å². The third-order valence-corrected chi connectivity index (χ3v) is 3.87. The minimum atomic E-state index is -1.03. The second-order valence-electron chi connectivity index (χ2n) is 4.71. The van der Waals surface area contributed by atoms with Crippen molar-refractivity contribution in [3.8, 4) is 0 Å². The Morgan fingerprint density at radius 2 is 2.05 bits per heavy atom. The van der Waals surface area contributed by atoms with E-state index >= 15 is 0 Å². The lowest BCUT2D eigenvalue weighted by atomic mass is 10.1. The van der Waals surface area contributed by atoms with Gasteiger partial charge in [0.05, 0.1) is 17.0 Å². The van der Waals surface area contributed by atoms with Crippen molar-refractivity contribution in [2.45, 2.75) is 19.4 Å². The molecule has 0 bridgehead atoms. The number of nitrogens with zero attached hydrogens (tertiary/aromatic N) is 1. The summed E-state index contributed by atoms with van der Waals surface area (Å²) in [6, 6.07) is 3.34. The summed E-state index contributed by atoms with van der Waals surface area (Å²) in [6.07, 6.45) is 2.47. The highest BCUT2D eigenvalue weighted by atomic mass is 32.1. The number of carboxylic acids is 1. The quantitative estimate of drug-likeness (QED) is 0.806. The normalized spacial score (nSPS) is 11.8. The SMILES string of the molecule is CN(C(=O)c1ccc(/C=C/C(=O)O)s1)C(C)(C)CO. The third-order valence-electron chi connectivity index (χ3n) is 2.83. The predicted octanol–water partition coefficient (Wildman–Crippen LogP) is 1.69. The molecule has 6 heteroatoms. The van der Waals surface area contributed by atoms with Gasteiger partial charge in [0.15, 0.2) is 0 Å². The summed E-state index contributed by atoms with van der Waals surface area (Å²) in [7, 11) is 1.63. The van der Waals surface area contributed by atoms with Crippen LogP contribution in [0, 0.1) is 0 Å². The Labute approximate surface area is 115 Å². The number of aliphatic carboxylic acids is 1. The second-order valence-corrected chi connectivity index (χ2v) is 5.82. The first-order valence-electron chi connectivity index (χ1n) is 5.68. The first-order valence-corrected chi connectivity index (χ1v) is 6.49. The van der Waals surface area contributed by atoms with Crippen LogP contribution in [0.2, 0.25) is 0 Å². The van der Waals surface area contributed by atoms with Crippen LogP contribution in [0.5, 0.6) is 0 Å². The number of aliphatic hydroxyl groups is 1. The van der Waals surface area contributed by atoms with Crippen LogP contribution in [0.1, 0.15) is 28.4 Å². The van der Waals surface area contributed by atoms with E-state index in [0.29, 0.717) is 9.75 Å². The number of carboxylic acid groups (broad SMARTS) is 1. The predicted molar refractivity (Wildman–Crippen MR) is 74.2 cm³/mol. The summed E-state index contributed by atoms with van der Waals surface area (Å²) in [5, 5.41) is 17.8. The van der Waals surface area contributed by atoms with Crippen LogP contribution in [0.4, 0.5) is 0 Å². The van der Waals surface area contributed by atoms with Crippen LogP contribution < -0.4 is 0 Å². The maximum Gasteiger partial charge on any atom is 0.328 e. The molecule has 0 aromatic carbocycles. The standard InChI is InChI=1S/C13H17NO4S/c1-13(2,8-15)14(3)12(18)10-6-4-9(19-10)5-7-11(16)17/h4-7,15H,8H2,1-3H3,(H,16,17)/b7-5+. The Hall–Kier alpha value is -1.66. The molecule has 0 spiro atoms. The number of thiophene rings is 1. The Bertz CT molecular complexity index is 504. The van der Waals surface area contributed by atoms with Gasteiger partial charge in [0.2, 0.25) is 0 Å². The van der Waals surface area contributed by atoms with Crippen molar-refractivity contribution in [3.05, 3.63) is 28.0 Å². The smallest absolute Gasteiger partial charge is 0.328 e. The molecular weight excluding hydrogens is 266 g/mol. The van der Waals surface area contributed by atoms with Gasteiger partial charge in [0.1, 0.15) is 0 Å². The van der Waals surface area contributed by atoms with Gasteiger partial charge in [0.25, 0.3) is 5.91 Å². The van der Waals surface area contributed by atoms with Gasteiger partial charge in [-0.1, -0.05) is 0 Å². The number of amides is 1. The third kappa shape index (κ3) is 3.90. The maximum atomic E-state index is 12.2. The molecule has 104 valence electrons. The Kier molecular flexibility index (Phi) is 4.85. The molecule has 0 atom stereocenters. The molecule has 1 aromatic heterocycles. The molecule has 0 unspecified atom stereocenters. The molecule has 0 radical (unpaired) electrons. The lowest BCUT2D eigenvalue weighted by Gasteiger charge is -2.33. The molecule has 0 aliphatic carbocycles. The maximum absolute atomic E-state index is 12.2. The van der Waals surface area contributed by atoms with Crippen molar-refractivity contribution >= 4 is 29.3 Å². The molecule has 1 rings (SSSR count). The monoisotopic (exact) mass is 283 g/mol. The van der Waals surface area contributed by atoms with Gasteiger partial charge in [-0.05, 0) is 32.1 Å². The number of carbonyl (C=O) groups excluding carboxylic acids is 1. The van der Waals surface area contributed by atoms with Crippen LogP contribution in [0.25, 0.3) is 6.08 Å². The van der Waals surface area contributed by atoms with E-state index in [1.807, 2.05) is 0 Å². The molecule has 5 nitrogen and oxygen atoms in total. The summed E-state index contributed by atoms with van der Waals surface area (Å²) in [5.41, 5.74) is -0.641. The summed E-state index contributed by atoms with van der Waals surface area (Å²) in [4.78, 5) is 25.3. The van der Waals surface area contributed by atoms with E-state index in [9.17, 15) is 14.7 Å². The van der Waals surface area contributed by atoms with Crippen molar-refractivity contribution in [1.29, 1.82) is 0 Å². The molecule has 0 saturated carbocycles. The highest BCUT2D eigenvalue weighted by molar-refractivity contribution is 7.14. The number of hydrogen-bond acceptors (Lipinski definition) is 4. The highest BCUT2D eigenvalue weighted by Gasteiger charge is 2.28. The summed E-state index contributed by atoms with van der Waals surface area (Å²) >= 11 is 1.21. The minimum Gasteiger partial charge on any atom is -0.478 e. The van der Waals surface area contributed by atoms with Gasteiger partial charge in [-0.3, -0.25) is 4.79 Å². The largest absolute Gasteiger partial charge is 0.478 e. The lowest BCUT2D eigenvalue weighted by molar-refractivity contribution is -0.131. The van der Waals surface area contributed by atoms with E-state index in [1.165, 1.54) is 22.3 Å². The molecule has 0 saturated heterocycles. The van der Waals surface area contributed by atoms with Gasteiger partial charge in [0, 0.05) is 18.0 Å². The molecular formula is C13H17NO4S.